The Bertz CT molecular complexity index is 869. The molecule has 0 spiro atoms. The summed E-state index contributed by atoms with van der Waals surface area (Å²) in [5, 5.41) is 0. The summed E-state index contributed by atoms with van der Waals surface area (Å²) >= 11 is 1.55. The molecular weight excluding hydrogens is 376 g/mol. The number of rotatable bonds is 5. The van der Waals surface area contributed by atoms with Crippen LogP contribution in [-0.4, -0.2) is 62.0 Å². The lowest BCUT2D eigenvalue weighted by atomic mass is 10.1. The summed E-state index contributed by atoms with van der Waals surface area (Å²) in [6.45, 7) is 6.27. The van der Waals surface area contributed by atoms with Crippen molar-refractivity contribution in [2.24, 2.45) is 0 Å². The number of methoxy groups -OCH3 is 2. The van der Waals surface area contributed by atoms with Gasteiger partial charge in [-0.1, -0.05) is 6.92 Å². The van der Waals surface area contributed by atoms with Crippen molar-refractivity contribution in [3.05, 3.63) is 45.1 Å². The van der Waals surface area contributed by atoms with Crippen molar-refractivity contribution in [3.8, 4) is 11.5 Å². The summed E-state index contributed by atoms with van der Waals surface area (Å²) in [6, 6.07) is 7.17. The summed E-state index contributed by atoms with van der Waals surface area (Å²) in [4.78, 5) is 31.2. The van der Waals surface area contributed by atoms with E-state index in [0.717, 1.165) is 11.3 Å². The van der Waals surface area contributed by atoms with Gasteiger partial charge >= 0.3 is 0 Å². The van der Waals surface area contributed by atoms with E-state index in [1.54, 1.807) is 48.7 Å². The highest BCUT2D eigenvalue weighted by molar-refractivity contribution is 7.14. The van der Waals surface area contributed by atoms with E-state index in [1.807, 2.05) is 11.0 Å². The standard InChI is InChI=1S/C21H26N2O4S/c1-5-15-13-19(28-14(15)2)21(25)23-10-8-22(9-11-23)20(24)16-6-7-17(26-3)18(12-16)27-4/h6-7,12-13H,5,8-11H2,1-4H3. The highest BCUT2D eigenvalue weighted by atomic mass is 32.1. The molecule has 28 heavy (non-hydrogen) atoms. The van der Waals surface area contributed by atoms with Gasteiger partial charge in [0.05, 0.1) is 19.1 Å². The van der Waals surface area contributed by atoms with E-state index in [1.165, 1.54) is 10.4 Å². The number of aryl methyl sites for hydroxylation is 2. The molecular formula is C21H26N2O4S. The number of carbonyl (C=O) groups excluding carboxylic acids is 2. The molecule has 0 radical (unpaired) electrons. The molecule has 1 aromatic heterocycles. The van der Waals surface area contributed by atoms with E-state index >= 15 is 0 Å². The average Bonchev–Trinajstić information content (AvgIpc) is 3.12. The zero-order valence-electron chi connectivity index (χ0n) is 16.8. The maximum absolute atomic E-state index is 12.8. The van der Waals surface area contributed by atoms with E-state index in [4.69, 9.17) is 9.47 Å². The number of hydrogen-bond acceptors (Lipinski definition) is 5. The van der Waals surface area contributed by atoms with E-state index in [0.29, 0.717) is 43.2 Å². The number of ether oxygens (including phenoxy) is 2. The smallest absolute Gasteiger partial charge is 0.264 e. The van der Waals surface area contributed by atoms with Crippen LogP contribution in [0, 0.1) is 6.92 Å². The van der Waals surface area contributed by atoms with Crippen LogP contribution in [-0.2, 0) is 6.42 Å². The molecule has 2 amide bonds. The molecule has 1 aromatic carbocycles. The van der Waals surface area contributed by atoms with Crippen molar-refractivity contribution in [2.75, 3.05) is 40.4 Å². The first-order chi connectivity index (χ1) is 13.5. The molecule has 1 aliphatic heterocycles. The van der Waals surface area contributed by atoms with Gasteiger partial charge in [-0.15, -0.1) is 11.3 Å². The minimum atomic E-state index is -0.0618. The maximum Gasteiger partial charge on any atom is 0.264 e. The molecule has 150 valence electrons. The van der Waals surface area contributed by atoms with Crippen molar-refractivity contribution in [3.63, 3.8) is 0 Å². The predicted molar refractivity (Wildman–Crippen MR) is 110 cm³/mol. The van der Waals surface area contributed by atoms with Crippen molar-refractivity contribution in [2.45, 2.75) is 20.3 Å². The molecule has 1 aliphatic rings. The Kier molecular flexibility index (Phi) is 6.24. The Hall–Kier alpha value is -2.54. The van der Waals surface area contributed by atoms with Crippen LogP contribution in [0.5, 0.6) is 11.5 Å². The quantitative estimate of drug-likeness (QED) is 0.770. The highest BCUT2D eigenvalue weighted by Crippen LogP contribution is 2.28. The van der Waals surface area contributed by atoms with Gasteiger partial charge in [0, 0.05) is 36.6 Å². The molecule has 0 N–H and O–H groups in total. The van der Waals surface area contributed by atoms with Crippen LogP contribution in [0.25, 0.3) is 0 Å². The summed E-state index contributed by atoms with van der Waals surface area (Å²) in [6.07, 6.45) is 0.934. The molecule has 0 saturated carbocycles. The van der Waals surface area contributed by atoms with Crippen molar-refractivity contribution in [1.82, 2.24) is 9.80 Å². The summed E-state index contributed by atoms with van der Waals surface area (Å²) in [7, 11) is 3.11. The van der Waals surface area contributed by atoms with Gasteiger partial charge < -0.3 is 19.3 Å². The van der Waals surface area contributed by atoms with Gasteiger partial charge in [0.25, 0.3) is 11.8 Å². The Balaban J connectivity index is 1.64. The zero-order chi connectivity index (χ0) is 20.3. The Labute approximate surface area is 169 Å². The first-order valence-corrected chi connectivity index (χ1v) is 10.2. The predicted octanol–water partition coefficient (Wildman–Crippen LogP) is 3.23. The van der Waals surface area contributed by atoms with Crippen LogP contribution >= 0.6 is 11.3 Å². The van der Waals surface area contributed by atoms with E-state index in [9.17, 15) is 9.59 Å². The fourth-order valence-corrected chi connectivity index (χ4v) is 4.48. The molecule has 2 heterocycles. The zero-order valence-corrected chi connectivity index (χ0v) is 17.6. The first-order valence-electron chi connectivity index (χ1n) is 9.38. The van der Waals surface area contributed by atoms with Gasteiger partial charge in [0.2, 0.25) is 0 Å². The van der Waals surface area contributed by atoms with Crippen LogP contribution in [0.2, 0.25) is 0 Å². The fourth-order valence-electron chi connectivity index (χ4n) is 3.40. The molecule has 0 atom stereocenters. The van der Waals surface area contributed by atoms with Crippen LogP contribution in [0.4, 0.5) is 0 Å². The number of hydrogen-bond donors (Lipinski definition) is 0. The van der Waals surface area contributed by atoms with Crippen molar-refractivity contribution >= 4 is 23.2 Å². The van der Waals surface area contributed by atoms with Gasteiger partial charge in [-0.3, -0.25) is 9.59 Å². The van der Waals surface area contributed by atoms with E-state index < -0.39 is 0 Å². The molecule has 0 aliphatic carbocycles. The number of nitrogens with zero attached hydrogens (tertiary/aromatic N) is 2. The molecule has 2 aromatic rings. The largest absolute Gasteiger partial charge is 0.493 e. The second-order valence-corrected chi connectivity index (χ2v) is 7.96. The third-order valence-corrected chi connectivity index (χ3v) is 6.18. The number of carbonyl (C=O) groups is 2. The third-order valence-electron chi connectivity index (χ3n) is 5.10. The molecule has 0 bridgehead atoms. The Morgan fingerprint density at radius 2 is 1.57 bits per heavy atom. The van der Waals surface area contributed by atoms with Gasteiger partial charge in [-0.05, 0) is 43.2 Å². The average molecular weight is 403 g/mol. The Morgan fingerprint density at radius 1 is 0.964 bits per heavy atom. The molecule has 7 heteroatoms. The lowest BCUT2D eigenvalue weighted by molar-refractivity contribution is 0.0538. The van der Waals surface area contributed by atoms with Crippen LogP contribution in [0.1, 0.15) is 37.4 Å². The second-order valence-electron chi connectivity index (χ2n) is 6.70. The topological polar surface area (TPSA) is 59.1 Å². The monoisotopic (exact) mass is 402 g/mol. The van der Waals surface area contributed by atoms with Gasteiger partial charge in [0.15, 0.2) is 11.5 Å². The third kappa shape index (κ3) is 3.99. The van der Waals surface area contributed by atoms with Crippen LogP contribution in [0.3, 0.4) is 0 Å². The minimum absolute atomic E-state index is 0.0611. The lowest BCUT2D eigenvalue weighted by Crippen LogP contribution is -2.50. The molecule has 0 unspecified atom stereocenters. The first kappa shape index (κ1) is 20.2. The van der Waals surface area contributed by atoms with Gasteiger partial charge in [-0.2, -0.15) is 0 Å². The SMILES string of the molecule is CCc1cc(C(=O)N2CCN(C(=O)c3ccc(OC)c(OC)c3)CC2)sc1C. The number of thiophene rings is 1. The highest BCUT2D eigenvalue weighted by Gasteiger charge is 2.27. The Morgan fingerprint density at radius 3 is 2.11 bits per heavy atom. The lowest BCUT2D eigenvalue weighted by Gasteiger charge is -2.34. The minimum Gasteiger partial charge on any atom is -0.493 e. The summed E-state index contributed by atoms with van der Waals surface area (Å²) in [5.74, 6) is 1.12. The normalized spacial score (nSPS) is 14.1. The number of benzene rings is 1. The maximum atomic E-state index is 12.8. The molecule has 1 saturated heterocycles. The van der Waals surface area contributed by atoms with E-state index in [2.05, 4.69) is 13.8 Å². The summed E-state index contributed by atoms with van der Waals surface area (Å²) < 4.78 is 10.5. The van der Waals surface area contributed by atoms with Crippen LogP contribution in [0.15, 0.2) is 24.3 Å². The summed E-state index contributed by atoms with van der Waals surface area (Å²) in [5.41, 5.74) is 1.79. The number of piperazine rings is 1. The molecule has 6 nitrogen and oxygen atoms in total. The molecule has 1 fully saturated rings. The van der Waals surface area contributed by atoms with Crippen LogP contribution < -0.4 is 9.47 Å². The number of amides is 2. The van der Waals surface area contributed by atoms with Gasteiger partial charge in [0.1, 0.15) is 0 Å². The van der Waals surface area contributed by atoms with E-state index in [-0.39, 0.29) is 11.8 Å². The van der Waals surface area contributed by atoms with Crippen molar-refractivity contribution in [1.29, 1.82) is 0 Å². The second kappa shape index (κ2) is 8.65. The van der Waals surface area contributed by atoms with Gasteiger partial charge in [-0.25, -0.2) is 0 Å². The van der Waals surface area contributed by atoms with Crippen molar-refractivity contribution < 1.29 is 19.1 Å². The molecule has 3 rings (SSSR count). The fraction of sp³-hybridized carbons (Fsp3) is 0.429.